The van der Waals surface area contributed by atoms with Crippen LogP contribution in [0, 0.1) is 0 Å². The van der Waals surface area contributed by atoms with Gasteiger partial charge in [0.2, 0.25) is 0 Å². The Bertz CT molecular complexity index is 305. The highest BCUT2D eigenvalue weighted by molar-refractivity contribution is 6.81. The van der Waals surface area contributed by atoms with Crippen molar-refractivity contribution in [2.24, 2.45) is 0 Å². The summed E-state index contributed by atoms with van der Waals surface area (Å²) >= 11 is 0. The highest BCUT2D eigenvalue weighted by Crippen LogP contribution is 2.12. The Balaban J connectivity index is 2.74. The first-order chi connectivity index (χ1) is 6.14. The van der Waals surface area contributed by atoms with Gasteiger partial charge in [-0.25, -0.2) is 0 Å². The maximum atomic E-state index is 3.64. The van der Waals surface area contributed by atoms with Crippen LogP contribution in [0.3, 0.4) is 0 Å². The average Bonchev–Trinajstić information content (AvgIpc) is 2.04. The van der Waals surface area contributed by atoms with Crippen LogP contribution in [-0.4, -0.2) is 8.07 Å². The minimum atomic E-state index is -1.24. The largest absolute Gasteiger partial charge is 0.137 e. The standard InChI is InChI=1S/C12H16Si/c1-4-10-13(2,3)11-12-8-6-5-7-9-12/h5-10H,1,11H2,2-3H3. The van der Waals surface area contributed by atoms with Gasteiger partial charge in [-0.1, -0.05) is 61.3 Å². The summed E-state index contributed by atoms with van der Waals surface area (Å²) in [5.74, 6) is 0. The molecule has 1 aromatic carbocycles. The van der Waals surface area contributed by atoms with Crippen LogP contribution < -0.4 is 0 Å². The van der Waals surface area contributed by atoms with E-state index < -0.39 is 8.07 Å². The van der Waals surface area contributed by atoms with E-state index in [0.717, 1.165) is 0 Å². The Kier molecular flexibility index (Phi) is 3.29. The normalized spacial score (nSPS) is 10.6. The molecule has 0 atom stereocenters. The van der Waals surface area contributed by atoms with Gasteiger partial charge in [-0.05, 0) is 6.04 Å². The lowest BCUT2D eigenvalue weighted by atomic mass is 10.2. The molecule has 13 heavy (non-hydrogen) atoms. The molecule has 0 spiro atoms. The highest BCUT2D eigenvalue weighted by Gasteiger charge is 2.16. The fourth-order valence-electron chi connectivity index (χ4n) is 1.45. The van der Waals surface area contributed by atoms with Crippen molar-refractivity contribution in [3.05, 3.63) is 53.9 Å². The Morgan fingerprint density at radius 2 is 1.92 bits per heavy atom. The molecule has 0 nitrogen and oxygen atoms in total. The second kappa shape index (κ2) is 4.27. The first-order valence-corrected chi connectivity index (χ1v) is 7.83. The van der Waals surface area contributed by atoms with Crippen molar-refractivity contribution in [3.8, 4) is 0 Å². The van der Waals surface area contributed by atoms with E-state index >= 15 is 0 Å². The van der Waals surface area contributed by atoms with Gasteiger partial charge < -0.3 is 0 Å². The fraction of sp³-hybridized carbons (Fsp3) is 0.250. The predicted molar refractivity (Wildman–Crippen MR) is 61.3 cm³/mol. The van der Waals surface area contributed by atoms with Crippen molar-refractivity contribution < 1.29 is 0 Å². The summed E-state index contributed by atoms with van der Waals surface area (Å²) in [7, 11) is -1.24. The quantitative estimate of drug-likeness (QED) is 0.504. The minimum Gasteiger partial charge on any atom is -0.137 e. The van der Waals surface area contributed by atoms with E-state index in [1.165, 1.54) is 11.6 Å². The molecule has 0 fully saturated rings. The van der Waals surface area contributed by atoms with Crippen molar-refractivity contribution >= 4 is 8.07 Å². The van der Waals surface area contributed by atoms with E-state index in [0.29, 0.717) is 0 Å². The molecule has 0 unspecified atom stereocenters. The zero-order valence-electron chi connectivity index (χ0n) is 8.38. The first kappa shape index (κ1) is 10.0. The zero-order chi connectivity index (χ0) is 9.73. The topological polar surface area (TPSA) is 0 Å². The SMILES string of the molecule is C=C=C[Si](C)(C)Cc1ccccc1. The van der Waals surface area contributed by atoms with Gasteiger partial charge in [0, 0.05) is 0 Å². The van der Waals surface area contributed by atoms with Crippen molar-refractivity contribution in [2.45, 2.75) is 19.1 Å². The van der Waals surface area contributed by atoms with Gasteiger partial charge in [0.05, 0.1) is 8.07 Å². The molecule has 0 bridgehead atoms. The van der Waals surface area contributed by atoms with Gasteiger partial charge in [0.15, 0.2) is 0 Å². The Hall–Kier alpha value is -1.04. The summed E-state index contributed by atoms with van der Waals surface area (Å²) in [4.78, 5) is 0. The molecule has 0 saturated heterocycles. The number of hydrogen-bond acceptors (Lipinski definition) is 0. The third-order valence-electron chi connectivity index (χ3n) is 2.00. The molecule has 1 aromatic rings. The van der Waals surface area contributed by atoms with Crippen LogP contribution in [0.1, 0.15) is 5.56 Å². The molecular weight excluding hydrogens is 172 g/mol. The fourth-order valence-corrected chi connectivity index (χ4v) is 3.39. The lowest BCUT2D eigenvalue weighted by Gasteiger charge is -2.16. The molecule has 68 valence electrons. The summed E-state index contributed by atoms with van der Waals surface area (Å²) in [5, 5.41) is 0. The molecule has 0 N–H and O–H groups in total. The molecule has 1 heteroatoms. The number of rotatable bonds is 3. The van der Waals surface area contributed by atoms with Crippen LogP contribution in [0.15, 0.2) is 48.3 Å². The number of benzene rings is 1. The summed E-state index contributed by atoms with van der Waals surface area (Å²) in [6, 6.07) is 11.8. The smallest absolute Gasteiger partial charge is 0.0854 e. The summed E-state index contributed by atoms with van der Waals surface area (Å²) in [6.45, 7) is 8.30. The van der Waals surface area contributed by atoms with Gasteiger partial charge in [0.25, 0.3) is 0 Å². The van der Waals surface area contributed by atoms with E-state index in [9.17, 15) is 0 Å². The van der Waals surface area contributed by atoms with Crippen LogP contribution in [-0.2, 0) is 6.04 Å². The minimum absolute atomic E-state index is 1.18. The molecule has 0 aliphatic rings. The van der Waals surface area contributed by atoms with Crippen LogP contribution in [0.4, 0.5) is 0 Å². The third-order valence-corrected chi connectivity index (χ3v) is 4.30. The van der Waals surface area contributed by atoms with Crippen LogP contribution in [0.25, 0.3) is 0 Å². The average molecular weight is 188 g/mol. The molecule has 0 aliphatic heterocycles. The van der Waals surface area contributed by atoms with Crippen LogP contribution in [0.5, 0.6) is 0 Å². The van der Waals surface area contributed by atoms with Crippen molar-refractivity contribution in [3.63, 3.8) is 0 Å². The van der Waals surface area contributed by atoms with Crippen molar-refractivity contribution in [1.82, 2.24) is 0 Å². The molecule has 0 amide bonds. The molecule has 0 saturated carbocycles. The lowest BCUT2D eigenvalue weighted by Crippen LogP contribution is -2.26. The van der Waals surface area contributed by atoms with Gasteiger partial charge >= 0.3 is 0 Å². The van der Waals surface area contributed by atoms with E-state index in [-0.39, 0.29) is 0 Å². The van der Waals surface area contributed by atoms with Gasteiger partial charge in [0.1, 0.15) is 0 Å². The summed E-state index contributed by atoms with van der Waals surface area (Å²) in [5.41, 5.74) is 6.50. The maximum absolute atomic E-state index is 3.64. The highest BCUT2D eigenvalue weighted by atomic mass is 28.3. The van der Waals surface area contributed by atoms with Crippen molar-refractivity contribution in [1.29, 1.82) is 0 Å². The van der Waals surface area contributed by atoms with E-state index in [4.69, 9.17) is 0 Å². The molecular formula is C12H16Si. The van der Waals surface area contributed by atoms with Gasteiger partial charge in [-0.15, -0.1) is 5.73 Å². The molecule has 1 rings (SSSR count). The van der Waals surface area contributed by atoms with Gasteiger partial charge in [-0.3, -0.25) is 0 Å². The predicted octanol–water partition coefficient (Wildman–Crippen LogP) is 3.36. The third kappa shape index (κ3) is 3.45. The zero-order valence-corrected chi connectivity index (χ0v) is 9.38. The molecule has 0 aliphatic carbocycles. The maximum Gasteiger partial charge on any atom is 0.0854 e. The van der Waals surface area contributed by atoms with Crippen LogP contribution >= 0.6 is 0 Å². The van der Waals surface area contributed by atoms with E-state index in [1.54, 1.807) is 0 Å². The molecule has 0 aromatic heterocycles. The lowest BCUT2D eigenvalue weighted by molar-refractivity contribution is 1.32. The van der Waals surface area contributed by atoms with Crippen LogP contribution in [0.2, 0.25) is 13.1 Å². The molecule has 0 radical (unpaired) electrons. The van der Waals surface area contributed by atoms with E-state index in [1.807, 2.05) is 0 Å². The number of hydrogen-bond donors (Lipinski definition) is 0. The van der Waals surface area contributed by atoms with Crippen molar-refractivity contribution in [2.75, 3.05) is 0 Å². The Morgan fingerprint density at radius 3 is 2.46 bits per heavy atom. The molecule has 0 heterocycles. The Morgan fingerprint density at radius 1 is 1.31 bits per heavy atom. The summed E-state index contributed by atoms with van der Waals surface area (Å²) in [6.07, 6.45) is 0. The summed E-state index contributed by atoms with van der Waals surface area (Å²) < 4.78 is 0. The Labute approximate surface area is 81.6 Å². The monoisotopic (exact) mass is 188 g/mol. The second-order valence-corrected chi connectivity index (χ2v) is 8.62. The van der Waals surface area contributed by atoms with E-state index in [2.05, 4.69) is 61.4 Å². The second-order valence-electron chi connectivity index (χ2n) is 4.00. The first-order valence-electron chi connectivity index (χ1n) is 4.55. The van der Waals surface area contributed by atoms with Gasteiger partial charge in [-0.2, -0.15) is 0 Å².